The van der Waals surface area contributed by atoms with E-state index in [1.807, 2.05) is 0 Å². The van der Waals surface area contributed by atoms with E-state index in [1.54, 1.807) is 0 Å². The number of carbonyl (C=O) groups excluding carboxylic acids is 1. The third-order valence-corrected chi connectivity index (χ3v) is 3.27. The van der Waals surface area contributed by atoms with Crippen LogP contribution in [-0.4, -0.2) is 5.78 Å². The fourth-order valence-electron chi connectivity index (χ4n) is 2.57. The average Bonchev–Trinajstić information content (AvgIpc) is 2.47. The zero-order valence-corrected chi connectivity index (χ0v) is 7.73. The Morgan fingerprint density at radius 3 is 2.83 bits per heavy atom. The summed E-state index contributed by atoms with van der Waals surface area (Å²) in [6.07, 6.45) is 6.64. The van der Waals surface area contributed by atoms with Crippen LogP contribution >= 0.6 is 0 Å². The lowest BCUT2D eigenvalue weighted by Crippen LogP contribution is -2.10. The summed E-state index contributed by atoms with van der Waals surface area (Å²) in [4.78, 5) is 11.6. The van der Waals surface area contributed by atoms with Crippen LogP contribution < -0.4 is 0 Å². The summed E-state index contributed by atoms with van der Waals surface area (Å²) >= 11 is 0. The molecule has 1 atom stereocenters. The highest BCUT2D eigenvalue weighted by atomic mass is 16.1. The van der Waals surface area contributed by atoms with E-state index < -0.39 is 0 Å². The Balaban J connectivity index is 2.31. The van der Waals surface area contributed by atoms with Gasteiger partial charge in [0.2, 0.25) is 0 Å². The lowest BCUT2D eigenvalue weighted by molar-refractivity contribution is -0.121. The van der Waals surface area contributed by atoms with Crippen LogP contribution in [0, 0.1) is 5.92 Å². The van der Waals surface area contributed by atoms with Gasteiger partial charge in [0.25, 0.3) is 0 Å². The molecule has 0 aromatic rings. The van der Waals surface area contributed by atoms with Crippen LogP contribution in [0.15, 0.2) is 11.1 Å². The van der Waals surface area contributed by atoms with E-state index in [4.69, 9.17) is 0 Å². The van der Waals surface area contributed by atoms with Crippen LogP contribution in [0.4, 0.5) is 0 Å². The van der Waals surface area contributed by atoms with Crippen molar-refractivity contribution in [3.05, 3.63) is 11.1 Å². The molecule has 0 aliphatic heterocycles. The summed E-state index contributed by atoms with van der Waals surface area (Å²) in [5.41, 5.74) is 3.01. The van der Waals surface area contributed by atoms with Crippen LogP contribution in [0.25, 0.3) is 0 Å². The first-order valence-corrected chi connectivity index (χ1v) is 5.00. The van der Waals surface area contributed by atoms with Gasteiger partial charge in [-0.1, -0.05) is 11.1 Å². The number of allylic oxidation sites excluding steroid dienone is 2. The van der Waals surface area contributed by atoms with Crippen LogP contribution in [-0.2, 0) is 4.79 Å². The number of Topliss-reactive ketones (excluding diaryl/α,β-unsaturated/α-hetero) is 1. The molecule has 0 amide bonds. The molecular formula is C11H16O. The van der Waals surface area contributed by atoms with Crippen LogP contribution in [0.1, 0.15) is 45.4 Å². The summed E-state index contributed by atoms with van der Waals surface area (Å²) in [6.45, 7) is 2.21. The van der Waals surface area contributed by atoms with Crippen LogP contribution in [0.3, 0.4) is 0 Å². The molecule has 0 spiro atoms. The molecule has 12 heavy (non-hydrogen) atoms. The quantitative estimate of drug-likeness (QED) is 0.503. The van der Waals surface area contributed by atoms with Crippen LogP contribution in [0.2, 0.25) is 0 Å². The molecule has 0 aromatic carbocycles. The van der Waals surface area contributed by atoms with E-state index >= 15 is 0 Å². The highest BCUT2D eigenvalue weighted by Crippen LogP contribution is 2.38. The highest BCUT2D eigenvalue weighted by molar-refractivity contribution is 5.84. The molecule has 0 aromatic heterocycles. The molecule has 66 valence electrons. The topological polar surface area (TPSA) is 17.1 Å². The molecule has 0 heterocycles. The maximum absolute atomic E-state index is 11.6. The molecule has 1 saturated carbocycles. The summed E-state index contributed by atoms with van der Waals surface area (Å²) in [6, 6.07) is 0. The monoisotopic (exact) mass is 164 g/mol. The third-order valence-electron chi connectivity index (χ3n) is 3.27. The average molecular weight is 164 g/mol. The number of carbonyl (C=O) groups is 1. The zero-order valence-electron chi connectivity index (χ0n) is 7.73. The standard InChI is InChI=1S/C11H16O/c1-8-4-2-7-11(12)10-6-3-5-9(8)10/h10H,2-7H2,1H3. The highest BCUT2D eigenvalue weighted by Gasteiger charge is 2.30. The first kappa shape index (κ1) is 8.03. The fraction of sp³-hybridized carbons (Fsp3) is 0.727. The largest absolute Gasteiger partial charge is 0.299 e. The van der Waals surface area contributed by atoms with Gasteiger partial charge in [0.05, 0.1) is 0 Å². The summed E-state index contributed by atoms with van der Waals surface area (Å²) in [7, 11) is 0. The predicted molar refractivity (Wildman–Crippen MR) is 48.9 cm³/mol. The molecule has 1 unspecified atom stereocenters. The molecule has 0 N–H and O–H groups in total. The second-order valence-electron chi connectivity index (χ2n) is 4.07. The molecule has 2 aliphatic rings. The first-order chi connectivity index (χ1) is 5.79. The smallest absolute Gasteiger partial charge is 0.140 e. The molecule has 1 fully saturated rings. The van der Waals surface area contributed by atoms with E-state index in [9.17, 15) is 4.79 Å². The summed E-state index contributed by atoms with van der Waals surface area (Å²) in [5.74, 6) is 0.854. The molecular weight excluding hydrogens is 148 g/mol. The van der Waals surface area contributed by atoms with Gasteiger partial charge in [-0.2, -0.15) is 0 Å². The Morgan fingerprint density at radius 1 is 1.17 bits per heavy atom. The Kier molecular flexibility index (Phi) is 2.03. The number of rotatable bonds is 0. The van der Waals surface area contributed by atoms with Crippen molar-refractivity contribution in [1.29, 1.82) is 0 Å². The van der Waals surface area contributed by atoms with E-state index in [0.29, 0.717) is 11.7 Å². The Morgan fingerprint density at radius 2 is 2.00 bits per heavy atom. The maximum Gasteiger partial charge on any atom is 0.140 e. The number of ketones is 1. The molecule has 0 saturated heterocycles. The van der Waals surface area contributed by atoms with Crippen molar-refractivity contribution in [2.75, 3.05) is 0 Å². The van der Waals surface area contributed by atoms with Gasteiger partial charge in [-0.05, 0) is 39.0 Å². The normalized spacial score (nSPS) is 30.4. The lowest BCUT2D eigenvalue weighted by atomic mass is 9.95. The van der Waals surface area contributed by atoms with Crippen molar-refractivity contribution in [2.24, 2.45) is 5.92 Å². The third kappa shape index (κ3) is 1.21. The van der Waals surface area contributed by atoms with Crippen molar-refractivity contribution in [1.82, 2.24) is 0 Å². The Bertz CT molecular complexity index is 237. The van der Waals surface area contributed by atoms with Crippen molar-refractivity contribution >= 4 is 5.78 Å². The minimum atomic E-state index is 0.340. The van der Waals surface area contributed by atoms with Gasteiger partial charge in [0.15, 0.2) is 0 Å². The minimum absolute atomic E-state index is 0.340. The SMILES string of the molecule is CC1=C2CCCC2C(=O)CCC1. The van der Waals surface area contributed by atoms with Crippen molar-refractivity contribution < 1.29 is 4.79 Å². The number of fused-ring (bicyclic) bond motifs is 1. The molecule has 0 bridgehead atoms. The second-order valence-corrected chi connectivity index (χ2v) is 4.07. The van der Waals surface area contributed by atoms with E-state index in [0.717, 1.165) is 25.7 Å². The molecule has 2 rings (SSSR count). The summed E-state index contributed by atoms with van der Waals surface area (Å²) < 4.78 is 0. The van der Waals surface area contributed by atoms with E-state index in [1.165, 1.54) is 24.0 Å². The predicted octanol–water partition coefficient (Wildman–Crippen LogP) is 2.86. The van der Waals surface area contributed by atoms with Gasteiger partial charge < -0.3 is 0 Å². The van der Waals surface area contributed by atoms with E-state index in [2.05, 4.69) is 6.92 Å². The second kappa shape index (κ2) is 3.04. The van der Waals surface area contributed by atoms with Gasteiger partial charge in [-0.3, -0.25) is 4.79 Å². The van der Waals surface area contributed by atoms with Crippen LogP contribution in [0.5, 0.6) is 0 Å². The zero-order chi connectivity index (χ0) is 8.55. The molecule has 2 aliphatic carbocycles. The number of hydrogen-bond acceptors (Lipinski definition) is 1. The Labute approximate surface area is 73.8 Å². The summed E-state index contributed by atoms with van der Waals surface area (Å²) in [5, 5.41) is 0. The van der Waals surface area contributed by atoms with Gasteiger partial charge in [-0.25, -0.2) is 0 Å². The molecule has 0 radical (unpaired) electrons. The first-order valence-electron chi connectivity index (χ1n) is 5.00. The fourth-order valence-corrected chi connectivity index (χ4v) is 2.57. The van der Waals surface area contributed by atoms with Gasteiger partial charge >= 0.3 is 0 Å². The van der Waals surface area contributed by atoms with Crippen molar-refractivity contribution in [3.63, 3.8) is 0 Å². The van der Waals surface area contributed by atoms with Gasteiger partial charge in [-0.15, -0.1) is 0 Å². The van der Waals surface area contributed by atoms with E-state index in [-0.39, 0.29) is 0 Å². The maximum atomic E-state index is 11.6. The molecule has 1 heteroatoms. The Hall–Kier alpha value is -0.590. The van der Waals surface area contributed by atoms with Gasteiger partial charge in [0, 0.05) is 12.3 Å². The molecule has 1 nitrogen and oxygen atoms in total. The van der Waals surface area contributed by atoms with Gasteiger partial charge in [0.1, 0.15) is 5.78 Å². The van der Waals surface area contributed by atoms with Crippen molar-refractivity contribution in [2.45, 2.75) is 45.4 Å². The van der Waals surface area contributed by atoms with Crippen molar-refractivity contribution in [3.8, 4) is 0 Å². The number of hydrogen-bond donors (Lipinski definition) is 0. The lowest BCUT2D eigenvalue weighted by Gasteiger charge is -2.08. The minimum Gasteiger partial charge on any atom is -0.299 e.